The molecular weight excluding hydrogens is 181 g/mol. The molecule has 0 aliphatic heterocycles. The largest absolute Gasteiger partial charge is 0.692 e. The van der Waals surface area contributed by atoms with Crippen LogP contribution < -0.4 is 5.73 Å². The second kappa shape index (κ2) is 5.49. The van der Waals surface area contributed by atoms with Crippen molar-refractivity contribution in [1.82, 2.24) is 0 Å². The fourth-order valence-electron chi connectivity index (χ4n) is 0.474. The maximum atomic E-state index is 8.70. The normalized spacial score (nSPS) is 8.17. The maximum absolute atomic E-state index is 8.70. The standard InChI is InChI=1S/C6H7NO.HO3P/c7-5-1-3-6(8)4-2-5;1-4(2)3/h1-4,8H,7H2;(H-,1,2,3)/p+1. The Morgan fingerprint density at radius 2 is 1.50 bits per heavy atom. The van der Waals surface area contributed by atoms with Crippen LogP contribution in [0.5, 0.6) is 5.75 Å². The summed E-state index contributed by atoms with van der Waals surface area (Å²) in [5.74, 6) is 0.249. The molecule has 5 nitrogen and oxygen atoms in total. The number of rotatable bonds is 0. The summed E-state index contributed by atoms with van der Waals surface area (Å²) < 4.78 is 8.70. The molecule has 0 amide bonds. The Balaban J connectivity index is 0.000000261. The lowest BCUT2D eigenvalue weighted by Crippen LogP contribution is -1.80. The smallest absolute Gasteiger partial charge is 0.508 e. The van der Waals surface area contributed by atoms with Crippen LogP contribution in [-0.4, -0.2) is 14.9 Å². The Kier molecular flexibility index (Phi) is 4.96. The molecule has 0 aromatic heterocycles. The zero-order chi connectivity index (χ0) is 9.56. The molecule has 6 heteroatoms. The van der Waals surface area contributed by atoms with Crippen LogP contribution in [0.2, 0.25) is 0 Å². The molecule has 0 heterocycles. The third-order valence-corrected chi connectivity index (χ3v) is 0.893. The average molecular weight is 190 g/mol. The van der Waals surface area contributed by atoms with Crippen LogP contribution in [0.4, 0.5) is 5.69 Å². The number of phenols is 1. The Morgan fingerprint density at radius 1 is 1.17 bits per heavy atom. The number of phenolic OH excluding ortho intramolecular Hbond substituents is 1. The van der Waals surface area contributed by atoms with Gasteiger partial charge in [0.25, 0.3) is 0 Å². The first kappa shape index (κ1) is 10.8. The zero-order valence-corrected chi connectivity index (χ0v) is 6.98. The number of nitrogens with two attached hydrogens (primary N) is 1. The van der Waals surface area contributed by atoms with Crippen molar-refractivity contribution in [3.63, 3.8) is 0 Å². The Bertz CT molecular complexity index is 223. The number of aromatic hydroxyl groups is 1. The molecule has 5 N–H and O–H groups in total. The van der Waals surface area contributed by atoms with E-state index in [1.54, 1.807) is 24.3 Å². The molecule has 12 heavy (non-hydrogen) atoms. The van der Waals surface area contributed by atoms with Gasteiger partial charge in [-0.2, -0.15) is 0 Å². The molecule has 1 aromatic rings. The van der Waals surface area contributed by atoms with Crippen LogP contribution in [0.1, 0.15) is 0 Å². The molecule has 0 radical (unpaired) electrons. The van der Waals surface area contributed by atoms with Crippen LogP contribution in [0.3, 0.4) is 0 Å². The van der Waals surface area contributed by atoms with E-state index in [2.05, 4.69) is 0 Å². The second-order valence-corrected chi connectivity index (χ2v) is 2.35. The van der Waals surface area contributed by atoms with Gasteiger partial charge in [0.2, 0.25) is 0 Å². The fraction of sp³-hybridized carbons (Fsp3) is 0. The van der Waals surface area contributed by atoms with Gasteiger partial charge in [-0.15, -0.1) is 9.79 Å². The quantitative estimate of drug-likeness (QED) is 0.272. The topological polar surface area (TPSA) is 104 Å². The van der Waals surface area contributed by atoms with Crippen molar-refractivity contribution in [2.24, 2.45) is 0 Å². The highest BCUT2D eigenvalue weighted by molar-refractivity contribution is 7.30. The molecule has 1 rings (SSSR count). The van der Waals surface area contributed by atoms with E-state index in [1.807, 2.05) is 0 Å². The lowest BCUT2D eigenvalue weighted by Gasteiger charge is -1.89. The molecule has 1 aromatic carbocycles. The summed E-state index contributed by atoms with van der Waals surface area (Å²) in [5.41, 5.74) is 5.98. The molecule has 0 unspecified atom stereocenters. The van der Waals surface area contributed by atoms with E-state index in [4.69, 9.17) is 25.2 Å². The highest BCUT2D eigenvalue weighted by Gasteiger charge is 1.93. The SMILES string of the molecule is Nc1ccc(O)cc1.O=[P+](O)O. The number of hydrogen-bond acceptors (Lipinski definition) is 3. The molecule has 0 bridgehead atoms. The summed E-state index contributed by atoms with van der Waals surface area (Å²) in [6.07, 6.45) is 0. The summed E-state index contributed by atoms with van der Waals surface area (Å²) in [5, 5.41) is 8.70. The van der Waals surface area contributed by atoms with Crippen molar-refractivity contribution in [1.29, 1.82) is 0 Å². The number of benzene rings is 1. The predicted octanol–water partition coefficient (Wildman–Crippen LogP) is 0.603. The van der Waals surface area contributed by atoms with Gasteiger partial charge in [0, 0.05) is 10.3 Å². The first-order valence-electron chi connectivity index (χ1n) is 2.92. The van der Waals surface area contributed by atoms with Crippen LogP contribution >= 0.6 is 8.25 Å². The van der Waals surface area contributed by atoms with Crippen molar-refractivity contribution in [3.05, 3.63) is 24.3 Å². The summed E-state index contributed by atoms with van der Waals surface area (Å²) >= 11 is 0. The summed E-state index contributed by atoms with van der Waals surface area (Å²) in [7, 11) is -2.87. The molecule has 0 aliphatic rings. The van der Waals surface area contributed by atoms with Gasteiger partial charge in [0.15, 0.2) is 0 Å². The molecular formula is C6H9NO4P+. The van der Waals surface area contributed by atoms with E-state index in [-0.39, 0.29) is 5.75 Å². The third kappa shape index (κ3) is 6.95. The first-order valence-corrected chi connectivity index (χ1v) is 4.08. The zero-order valence-electron chi connectivity index (χ0n) is 6.08. The minimum atomic E-state index is -2.87. The summed E-state index contributed by atoms with van der Waals surface area (Å²) in [4.78, 5) is 14.2. The van der Waals surface area contributed by atoms with Crippen molar-refractivity contribution in [2.45, 2.75) is 0 Å². The summed E-state index contributed by atoms with van der Waals surface area (Å²) in [6, 6.07) is 6.40. The van der Waals surface area contributed by atoms with Gasteiger partial charge in [-0.25, -0.2) is 0 Å². The van der Waals surface area contributed by atoms with Crippen LogP contribution in [0, 0.1) is 0 Å². The molecule has 0 aliphatic carbocycles. The van der Waals surface area contributed by atoms with Gasteiger partial charge >= 0.3 is 8.25 Å². The van der Waals surface area contributed by atoms with Crippen LogP contribution in [0.15, 0.2) is 24.3 Å². The molecule has 0 saturated carbocycles. The van der Waals surface area contributed by atoms with E-state index in [9.17, 15) is 0 Å². The van der Waals surface area contributed by atoms with Gasteiger partial charge in [0.1, 0.15) is 5.75 Å². The minimum absolute atomic E-state index is 0.249. The molecule has 0 spiro atoms. The van der Waals surface area contributed by atoms with Gasteiger partial charge in [-0.1, -0.05) is 0 Å². The number of anilines is 1. The molecule has 66 valence electrons. The number of nitrogen functional groups attached to an aromatic ring is 1. The fourth-order valence-corrected chi connectivity index (χ4v) is 0.474. The molecule has 0 saturated heterocycles. The van der Waals surface area contributed by atoms with Crippen molar-refractivity contribution >= 4 is 13.9 Å². The van der Waals surface area contributed by atoms with E-state index in [0.717, 1.165) is 0 Å². The van der Waals surface area contributed by atoms with Crippen molar-refractivity contribution in [2.75, 3.05) is 5.73 Å². The Hall–Kier alpha value is -1.16. The lowest BCUT2D eigenvalue weighted by molar-refractivity contribution is 0.405. The van der Waals surface area contributed by atoms with Gasteiger partial charge in [0.05, 0.1) is 0 Å². The average Bonchev–Trinajstić information content (AvgIpc) is 1.94. The van der Waals surface area contributed by atoms with E-state index in [0.29, 0.717) is 5.69 Å². The van der Waals surface area contributed by atoms with Gasteiger partial charge < -0.3 is 10.8 Å². The van der Waals surface area contributed by atoms with Crippen LogP contribution in [0.25, 0.3) is 0 Å². The minimum Gasteiger partial charge on any atom is -0.508 e. The highest BCUT2D eigenvalue weighted by Crippen LogP contribution is 2.09. The van der Waals surface area contributed by atoms with Gasteiger partial charge in [-0.05, 0) is 24.3 Å². The van der Waals surface area contributed by atoms with Crippen molar-refractivity contribution < 1.29 is 19.5 Å². The first-order chi connectivity index (χ1) is 5.52. The second-order valence-electron chi connectivity index (χ2n) is 1.84. The molecule has 0 fully saturated rings. The lowest BCUT2D eigenvalue weighted by atomic mass is 10.3. The van der Waals surface area contributed by atoms with Gasteiger partial charge in [-0.3, -0.25) is 0 Å². The van der Waals surface area contributed by atoms with Crippen molar-refractivity contribution in [3.8, 4) is 5.75 Å². The monoisotopic (exact) mass is 190 g/mol. The van der Waals surface area contributed by atoms with Crippen LogP contribution in [-0.2, 0) is 4.57 Å². The van der Waals surface area contributed by atoms with E-state index >= 15 is 0 Å². The highest BCUT2D eigenvalue weighted by atomic mass is 31.1. The Labute approximate surface area is 70.0 Å². The van der Waals surface area contributed by atoms with E-state index < -0.39 is 8.25 Å². The molecule has 0 atom stereocenters. The van der Waals surface area contributed by atoms with E-state index in [1.165, 1.54) is 0 Å². The summed E-state index contributed by atoms with van der Waals surface area (Å²) in [6.45, 7) is 0. The number of hydrogen-bond donors (Lipinski definition) is 4. The maximum Gasteiger partial charge on any atom is 0.692 e. The Morgan fingerprint density at radius 3 is 1.75 bits per heavy atom. The predicted molar refractivity (Wildman–Crippen MR) is 44.6 cm³/mol. The third-order valence-electron chi connectivity index (χ3n) is 0.893.